The van der Waals surface area contributed by atoms with Gasteiger partial charge < -0.3 is 0 Å². The largest absolute Gasteiger partial charge is 0.294 e. The van der Waals surface area contributed by atoms with Crippen LogP contribution in [0, 0.1) is 17.9 Å². The lowest BCUT2D eigenvalue weighted by molar-refractivity contribution is 0.730. The van der Waals surface area contributed by atoms with Gasteiger partial charge in [-0.2, -0.15) is 5.26 Å². The number of fused-ring (bicyclic) bond motifs is 5. The smallest absolute Gasteiger partial charge is 0.188 e. The maximum atomic E-state index is 9.65. The zero-order valence-corrected chi connectivity index (χ0v) is 26.3. The molecule has 0 saturated heterocycles. The third-order valence-corrected chi connectivity index (χ3v) is 9.71. The SMILES string of the molecule is [C-]#[N+]c1ccc2c(c1)c1ccccc1n2-c1cccc(N2c3ccccc3C(c3ccccc3)(c3ccc(C#N)cc3)c3ccccc32)n1. The fraction of sp³-hybridized carbons (Fsp3) is 0.0227. The summed E-state index contributed by atoms with van der Waals surface area (Å²) >= 11 is 0. The number of hydrogen-bond acceptors (Lipinski definition) is 3. The molecule has 1 aliphatic rings. The molecule has 0 amide bonds. The Labute approximate surface area is 284 Å². The Morgan fingerprint density at radius 3 is 1.90 bits per heavy atom. The van der Waals surface area contributed by atoms with E-state index < -0.39 is 5.41 Å². The summed E-state index contributed by atoms with van der Waals surface area (Å²) in [6.45, 7) is 7.60. The standard InChI is InChI=1S/C44H27N5/c1-46-33-26-27-39-35(28-33)34-14-5-8-17-38(34)48(39)42-20-11-21-43(47-42)49-40-18-9-6-15-36(40)44(31-12-3-2-4-13-31,37-16-7-10-19-41(37)49)32-24-22-30(29-45)23-25-32/h2-28H. The van der Waals surface area contributed by atoms with E-state index in [1.165, 1.54) is 0 Å². The minimum Gasteiger partial charge on any atom is -0.294 e. The summed E-state index contributed by atoms with van der Waals surface area (Å²) in [4.78, 5) is 11.4. The molecular weight excluding hydrogens is 599 g/mol. The second-order valence-corrected chi connectivity index (χ2v) is 12.2. The highest BCUT2D eigenvalue weighted by molar-refractivity contribution is 6.10. The first-order chi connectivity index (χ1) is 24.2. The van der Waals surface area contributed by atoms with Crippen LogP contribution in [-0.4, -0.2) is 9.55 Å². The number of hydrogen-bond donors (Lipinski definition) is 0. The van der Waals surface area contributed by atoms with Crippen molar-refractivity contribution in [3.05, 3.63) is 203 Å². The van der Waals surface area contributed by atoms with E-state index in [1.807, 2.05) is 48.5 Å². The molecule has 9 rings (SSSR count). The Hall–Kier alpha value is -6.95. The number of anilines is 3. The van der Waals surface area contributed by atoms with E-state index in [1.54, 1.807) is 0 Å². The highest BCUT2D eigenvalue weighted by Gasteiger charge is 2.46. The first-order valence-electron chi connectivity index (χ1n) is 16.2. The summed E-state index contributed by atoms with van der Waals surface area (Å²) < 4.78 is 2.19. The van der Waals surface area contributed by atoms with E-state index in [9.17, 15) is 5.26 Å². The molecule has 228 valence electrons. The zero-order chi connectivity index (χ0) is 33.0. The van der Waals surface area contributed by atoms with Gasteiger partial charge >= 0.3 is 0 Å². The van der Waals surface area contributed by atoms with Gasteiger partial charge in [0.25, 0.3) is 0 Å². The van der Waals surface area contributed by atoms with Crippen molar-refractivity contribution >= 4 is 44.7 Å². The number of aromatic nitrogens is 2. The first-order valence-corrected chi connectivity index (χ1v) is 16.2. The summed E-state index contributed by atoms with van der Waals surface area (Å²) in [6, 6.07) is 58.4. The van der Waals surface area contributed by atoms with Crippen molar-refractivity contribution in [1.29, 1.82) is 5.26 Å². The minimum absolute atomic E-state index is 0.614. The Morgan fingerprint density at radius 1 is 0.571 bits per heavy atom. The van der Waals surface area contributed by atoms with Gasteiger partial charge in [0.05, 0.1) is 46.0 Å². The maximum absolute atomic E-state index is 9.65. The molecule has 0 radical (unpaired) electrons. The molecule has 0 fully saturated rings. The third-order valence-electron chi connectivity index (χ3n) is 9.71. The van der Waals surface area contributed by atoms with Crippen LogP contribution in [0.25, 0.3) is 32.5 Å². The minimum atomic E-state index is -0.649. The third kappa shape index (κ3) is 4.13. The van der Waals surface area contributed by atoms with Gasteiger partial charge in [-0.05, 0) is 82.2 Å². The molecule has 2 aromatic heterocycles. The number of pyridine rings is 1. The number of nitriles is 1. The zero-order valence-electron chi connectivity index (χ0n) is 26.3. The molecule has 3 heterocycles. The van der Waals surface area contributed by atoms with Crippen LogP contribution >= 0.6 is 0 Å². The molecule has 1 aliphatic heterocycles. The van der Waals surface area contributed by atoms with Crippen molar-refractivity contribution in [3.8, 4) is 11.9 Å². The number of benzene rings is 6. The number of nitrogens with zero attached hydrogens (tertiary/aromatic N) is 5. The van der Waals surface area contributed by atoms with E-state index in [0.717, 1.165) is 67.1 Å². The van der Waals surface area contributed by atoms with Gasteiger partial charge in [0.1, 0.15) is 11.6 Å². The average molecular weight is 626 g/mol. The van der Waals surface area contributed by atoms with Crippen molar-refractivity contribution in [1.82, 2.24) is 9.55 Å². The normalized spacial score (nSPS) is 13.0. The Morgan fingerprint density at radius 2 is 1.18 bits per heavy atom. The van der Waals surface area contributed by atoms with Crippen molar-refractivity contribution < 1.29 is 0 Å². The molecule has 0 spiro atoms. The summed E-state index contributed by atoms with van der Waals surface area (Å²) in [6.07, 6.45) is 0. The van der Waals surface area contributed by atoms with Crippen LogP contribution in [0.3, 0.4) is 0 Å². The van der Waals surface area contributed by atoms with E-state index in [4.69, 9.17) is 11.6 Å². The van der Waals surface area contributed by atoms with Crippen LogP contribution in [0.4, 0.5) is 22.9 Å². The second-order valence-electron chi connectivity index (χ2n) is 12.2. The first kappa shape index (κ1) is 28.3. The molecule has 6 aromatic carbocycles. The average Bonchev–Trinajstić information content (AvgIpc) is 3.51. The topological polar surface area (TPSA) is 49.2 Å². The van der Waals surface area contributed by atoms with E-state index >= 15 is 0 Å². The summed E-state index contributed by atoms with van der Waals surface area (Å²) in [5.41, 5.74) is 9.17. The van der Waals surface area contributed by atoms with Gasteiger partial charge in [-0.25, -0.2) is 9.83 Å². The van der Waals surface area contributed by atoms with Crippen molar-refractivity contribution in [2.75, 3.05) is 4.90 Å². The van der Waals surface area contributed by atoms with Gasteiger partial charge in [0.15, 0.2) is 5.69 Å². The Balaban J connectivity index is 1.31. The van der Waals surface area contributed by atoms with E-state index in [-0.39, 0.29) is 0 Å². The number of rotatable bonds is 4. The Bertz CT molecular complexity index is 2590. The van der Waals surface area contributed by atoms with E-state index in [2.05, 4.69) is 136 Å². The van der Waals surface area contributed by atoms with Crippen LogP contribution in [0.2, 0.25) is 0 Å². The van der Waals surface area contributed by atoms with E-state index in [0.29, 0.717) is 11.3 Å². The molecule has 5 nitrogen and oxygen atoms in total. The predicted molar refractivity (Wildman–Crippen MR) is 196 cm³/mol. The molecule has 0 N–H and O–H groups in total. The second kappa shape index (κ2) is 11.1. The fourth-order valence-corrected chi connectivity index (χ4v) is 7.70. The van der Waals surface area contributed by atoms with Crippen LogP contribution in [0.5, 0.6) is 0 Å². The van der Waals surface area contributed by atoms with Crippen molar-refractivity contribution in [3.63, 3.8) is 0 Å². The monoisotopic (exact) mass is 625 g/mol. The lowest BCUT2D eigenvalue weighted by Gasteiger charge is -2.46. The molecule has 8 aromatic rings. The molecule has 49 heavy (non-hydrogen) atoms. The van der Waals surface area contributed by atoms with Crippen LogP contribution < -0.4 is 4.90 Å². The van der Waals surface area contributed by atoms with Crippen molar-refractivity contribution in [2.45, 2.75) is 5.41 Å². The molecule has 5 heteroatoms. The van der Waals surface area contributed by atoms with Crippen LogP contribution in [0.1, 0.15) is 27.8 Å². The van der Waals surface area contributed by atoms with Gasteiger partial charge in [-0.15, -0.1) is 0 Å². The Kier molecular flexibility index (Phi) is 6.40. The number of para-hydroxylation sites is 3. The van der Waals surface area contributed by atoms with Gasteiger partial charge in [0, 0.05) is 5.39 Å². The summed E-state index contributed by atoms with van der Waals surface area (Å²) in [7, 11) is 0. The molecule has 0 bridgehead atoms. The molecule has 0 unspecified atom stereocenters. The highest BCUT2D eigenvalue weighted by atomic mass is 15.2. The maximum Gasteiger partial charge on any atom is 0.188 e. The van der Waals surface area contributed by atoms with Gasteiger partial charge in [-0.3, -0.25) is 9.47 Å². The van der Waals surface area contributed by atoms with Crippen molar-refractivity contribution in [2.24, 2.45) is 0 Å². The lowest BCUT2D eigenvalue weighted by atomic mass is 9.62. The molecule has 0 saturated carbocycles. The molecule has 0 aliphatic carbocycles. The van der Waals surface area contributed by atoms with Crippen LogP contribution in [-0.2, 0) is 5.41 Å². The fourth-order valence-electron chi connectivity index (χ4n) is 7.70. The highest BCUT2D eigenvalue weighted by Crippen LogP contribution is 2.57. The molecule has 0 atom stereocenters. The van der Waals surface area contributed by atoms with Crippen LogP contribution in [0.15, 0.2) is 164 Å². The van der Waals surface area contributed by atoms with Gasteiger partial charge in [-0.1, -0.05) is 109 Å². The summed E-state index contributed by atoms with van der Waals surface area (Å²) in [5.74, 6) is 1.59. The van der Waals surface area contributed by atoms with Gasteiger partial charge in [0.2, 0.25) is 0 Å². The summed E-state index contributed by atoms with van der Waals surface area (Å²) in [5, 5.41) is 11.8. The quantitative estimate of drug-likeness (QED) is 0.183. The lowest BCUT2D eigenvalue weighted by Crippen LogP contribution is -2.37. The molecular formula is C44H27N5. The predicted octanol–water partition coefficient (Wildman–Crippen LogP) is 10.8.